The van der Waals surface area contributed by atoms with Crippen LogP contribution in [-0.2, 0) is 6.54 Å². The Bertz CT molecular complexity index is 1460. The average molecular weight is 454 g/mol. The van der Waals surface area contributed by atoms with E-state index in [9.17, 15) is 9.18 Å². The van der Waals surface area contributed by atoms with Crippen LogP contribution in [0.15, 0.2) is 91.1 Å². The summed E-state index contributed by atoms with van der Waals surface area (Å²) < 4.78 is 14.8. The molecule has 0 aliphatic rings. The molecule has 4 nitrogen and oxygen atoms in total. The first kappa shape index (κ1) is 21.0. The zero-order chi connectivity index (χ0) is 22.8. The molecule has 33 heavy (non-hydrogen) atoms. The van der Waals surface area contributed by atoms with Crippen LogP contribution in [0.5, 0.6) is 0 Å². The zero-order valence-electron chi connectivity index (χ0n) is 17.9. The number of hydrogen-bond acceptors (Lipinski definition) is 4. The Balaban J connectivity index is 1.51. The lowest BCUT2D eigenvalue weighted by molar-refractivity contribution is 0.0979. The molecule has 2 heterocycles. The first-order valence-corrected chi connectivity index (χ1v) is 11.3. The molecule has 1 amide bonds. The lowest BCUT2D eigenvalue weighted by atomic mass is 10.1. The fourth-order valence-electron chi connectivity index (χ4n) is 3.71. The van der Waals surface area contributed by atoms with Gasteiger partial charge in [0.25, 0.3) is 5.91 Å². The number of benzene rings is 3. The first-order valence-electron chi connectivity index (χ1n) is 10.5. The third-order valence-electron chi connectivity index (χ3n) is 5.33. The van der Waals surface area contributed by atoms with E-state index in [4.69, 9.17) is 0 Å². The Labute approximate surface area is 195 Å². The monoisotopic (exact) mass is 453 g/mol. The quantitative estimate of drug-likeness (QED) is 0.299. The van der Waals surface area contributed by atoms with Gasteiger partial charge in [0.2, 0.25) is 0 Å². The Kier molecular flexibility index (Phi) is 5.67. The van der Waals surface area contributed by atoms with E-state index in [2.05, 4.69) is 35.1 Å². The van der Waals surface area contributed by atoms with Crippen LogP contribution in [0.4, 0.5) is 10.1 Å². The van der Waals surface area contributed by atoms with Crippen molar-refractivity contribution in [3.05, 3.63) is 113 Å². The summed E-state index contributed by atoms with van der Waals surface area (Å²) in [5.74, 6) is -0.862. The van der Waals surface area contributed by atoms with Crippen LogP contribution in [0.2, 0.25) is 0 Å². The molecule has 5 aromatic rings. The van der Waals surface area contributed by atoms with E-state index >= 15 is 0 Å². The molecule has 0 atom stereocenters. The number of nitrogens with zero attached hydrogens (tertiary/aromatic N) is 3. The molecular weight excluding hydrogens is 433 g/mol. The molecule has 0 saturated carbocycles. The van der Waals surface area contributed by atoms with Crippen molar-refractivity contribution in [2.24, 2.45) is 0 Å². The molecule has 162 valence electrons. The molecule has 2 aromatic heterocycles. The van der Waals surface area contributed by atoms with Gasteiger partial charge in [-0.1, -0.05) is 54.1 Å². The number of rotatable bonds is 5. The second-order valence-electron chi connectivity index (χ2n) is 7.72. The van der Waals surface area contributed by atoms with Crippen LogP contribution in [-0.4, -0.2) is 15.9 Å². The number of hydrogen-bond donors (Lipinski definition) is 0. The van der Waals surface area contributed by atoms with Gasteiger partial charge in [-0.05, 0) is 48.9 Å². The number of fused-ring (bicyclic) bond motifs is 1. The van der Waals surface area contributed by atoms with Crippen LogP contribution in [0.1, 0.15) is 20.9 Å². The fraction of sp³-hybridized carbons (Fsp3) is 0.0741. The van der Waals surface area contributed by atoms with Crippen LogP contribution in [0, 0.1) is 12.7 Å². The highest BCUT2D eigenvalue weighted by atomic mass is 32.1. The van der Waals surface area contributed by atoms with Crippen LogP contribution < -0.4 is 4.90 Å². The molecule has 0 unspecified atom stereocenters. The molecule has 0 N–H and O–H groups in total. The van der Waals surface area contributed by atoms with Crippen LogP contribution >= 0.6 is 11.3 Å². The van der Waals surface area contributed by atoms with E-state index in [0.717, 1.165) is 15.3 Å². The molecule has 0 saturated heterocycles. The van der Waals surface area contributed by atoms with Gasteiger partial charge in [0.1, 0.15) is 11.5 Å². The van der Waals surface area contributed by atoms with Crippen LogP contribution in [0.25, 0.3) is 21.5 Å². The van der Waals surface area contributed by atoms with E-state index in [1.165, 1.54) is 22.7 Å². The minimum Gasteiger partial charge on any atom is -0.299 e. The first-order chi connectivity index (χ1) is 16.1. The highest BCUT2D eigenvalue weighted by Gasteiger charge is 2.23. The number of para-hydroxylation sites is 3. The number of carbonyl (C=O) groups is 1. The molecule has 0 aliphatic carbocycles. The maximum absolute atomic E-state index is 14.8. The third kappa shape index (κ3) is 4.38. The predicted molar refractivity (Wildman–Crippen MR) is 131 cm³/mol. The maximum Gasteiger partial charge on any atom is 0.278 e. The lowest BCUT2D eigenvalue weighted by Crippen LogP contribution is -2.31. The van der Waals surface area contributed by atoms with Crippen molar-refractivity contribution in [1.29, 1.82) is 0 Å². The molecule has 3 aromatic carbocycles. The van der Waals surface area contributed by atoms with E-state index in [-0.39, 0.29) is 17.9 Å². The topological polar surface area (TPSA) is 46.1 Å². The van der Waals surface area contributed by atoms with Gasteiger partial charge in [-0.2, -0.15) is 0 Å². The summed E-state index contributed by atoms with van der Waals surface area (Å²) in [6.45, 7) is 2.28. The largest absolute Gasteiger partial charge is 0.299 e. The summed E-state index contributed by atoms with van der Waals surface area (Å²) in [6.07, 6.45) is 1.45. The summed E-state index contributed by atoms with van der Waals surface area (Å²) in [5, 5.41) is 0. The van der Waals surface area contributed by atoms with Gasteiger partial charge in [-0.15, -0.1) is 11.3 Å². The van der Waals surface area contributed by atoms with E-state index < -0.39 is 11.7 Å². The minimum atomic E-state index is -0.463. The maximum atomic E-state index is 14.8. The summed E-state index contributed by atoms with van der Waals surface area (Å²) in [7, 11) is 0. The summed E-state index contributed by atoms with van der Waals surface area (Å²) in [5.41, 5.74) is 4.01. The second kappa shape index (κ2) is 8.92. The van der Waals surface area contributed by atoms with Crippen molar-refractivity contribution in [2.45, 2.75) is 13.5 Å². The number of anilines is 1. The second-order valence-corrected chi connectivity index (χ2v) is 8.89. The number of halogens is 1. The molecule has 0 radical (unpaired) electrons. The minimum absolute atomic E-state index is 0.174. The SMILES string of the molecule is Cc1cccc(-c2ccc(CN(C(=O)c3cnc4ccccc4n3)c3ccccc3F)s2)c1. The lowest BCUT2D eigenvalue weighted by Gasteiger charge is -2.22. The smallest absolute Gasteiger partial charge is 0.278 e. The molecule has 0 bridgehead atoms. The van der Waals surface area contributed by atoms with Crippen molar-refractivity contribution in [3.63, 3.8) is 0 Å². The Morgan fingerprint density at radius 2 is 1.73 bits per heavy atom. The van der Waals surface area contributed by atoms with Gasteiger partial charge in [0, 0.05) is 9.75 Å². The van der Waals surface area contributed by atoms with Gasteiger partial charge < -0.3 is 0 Å². The molecule has 0 fully saturated rings. The Morgan fingerprint density at radius 1 is 0.939 bits per heavy atom. The number of aryl methyl sites for hydroxylation is 1. The normalized spacial score (nSPS) is 11.0. The van der Waals surface area contributed by atoms with Gasteiger partial charge in [0.05, 0.1) is 29.5 Å². The molecule has 0 spiro atoms. The van der Waals surface area contributed by atoms with Crippen LogP contribution in [0.3, 0.4) is 0 Å². The molecule has 6 heteroatoms. The van der Waals surface area contributed by atoms with Gasteiger partial charge in [-0.3, -0.25) is 14.7 Å². The molecular formula is C27H20FN3OS. The van der Waals surface area contributed by atoms with Crippen molar-refractivity contribution in [2.75, 3.05) is 4.90 Å². The van der Waals surface area contributed by atoms with Crippen molar-refractivity contribution in [3.8, 4) is 10.4 Å². The van der Waals surface area contributed by atoms with E-state index in [1.54, 1.807) is 35.6 Å². The Morgan fingerprint density at radius 3 is 2.55 bits per heavy atom. The van der Waals surface area contributed by atoms with E-state index in [1.807, 2.05) is 36.4 Å². The molecule has 5 rings (SSSR count). The van der Waals surface area contributed by atoms with Crippen molar-refractivity contribution >= 4 is 34.0 Å². The number of carbonyl (C=O) groups excluding carboxylic acids is 1. The average Bonchev–Trinajstić information content (AvgIpc) is 3.31. The van der Waals surface area contributed by atoms with Gasteiger partial charge in [-0.25, -0.2) is 9.37 Å². The van der Waals surface area contributed by atoms with Crippen molar-refractivity contribution < 1.29 is 9.18 Å². The summed E-state index contributed by atoms with van der Waals surface area (Å²) in [6, 6.07) is 25.9. The van der Waals surface area contributed by atoms with Gasteiger partial charge in [0.15, 0.2) is 0 Å². The van der Waals surface area contributed by atoms with E-state index in [0.29, 0.717) is 11.0 Å². The number of aromatic nitrogens is 2. The van der Waals surface area contributed by atoms with Crippen molar-refractivity contribution in [1.82, 2.24) is 9.97 Å². The standard InChI is InChI=1S/C27H20FN3OS/c1-18-7-6-8-19(15-18)26-14-13-20(33-26)17-31(25-12-5-2-9-21(25)28)27(32)24-16-29-22-10-3-4-11-23(22)30-24/h2-16H,17H2,1H3. The van der Waals surface area contributed by atoms with Gasteiger partial charge >= 0.3 is 0 Å². The predicted octanol–water partition coefficient (Wildman–Crippen LogP) is 6.65. The zero-order valence-corrected chi connectivity index (χ0v) is 18.7. The highest BCUT2D eigenvalue weighted by molar-refractivity contribution is 7.15. The highest BCUT2D eigenvalue weighted by Crippen LogP contribution is 2.31. The molecule has 0 aliphatic heterocycles. The fourth-order valence-corrected chi connectivity index (χ4v) is 4.70. The number of amides is 1. The summed E-state index contributed by atoms with van der Waals surface area (Å²) in [4.78, 5) is 25.8. The number of thiophene rings is 1. The third-order valence-corrected chi connectivity index (χ3v) is 6.45. The summed E-state index contributed by atoms with van der Waals surface area (Å²) >= 11 is 1.59. The Hall–Kier alpha value is -3.90.